The SMILES string of the molecule is CS(=O)c1nncn1CC(=O)N1c2ccccc2NC(=O)CC1C(F)(F)F. The van der Waals surface area contributed by atoms with E-state index in [2.05, 4.69) is 15.5 Å². The Morgan fingerprint density at radius 2 is 2.07 bits per heavy atom. The molecule has 2 heterocycles. The molecule has 0 saturated heterocycles. The van der Waals surface area contributed by atoms with Crippen molar-refractivity contribution in [2.24, 2.45) is 0 Å². The highest BCUT2D eigenvalue weighted by atomic mass is 32.2. The van der Waals surface area contributed by atoms with Crippen LogP contribution in [0.5, 0.6) is 0 Å². The Morgan fingerprint density at radius 1 is 1.37 bits per heavy atom. The van der Waals surface area contributed by atoms with Crippen molar-refractivity contribution in [1.82, 2.24) is 14.8 Å². The summed E-state index contributed by atoms with van der Waals surface area (Å²) in [4.78, 5) is 25.3. The van der Waals surface area contributed by atoms with Gasteiger partial charge in [-0.1, -0.05) is 12.1 Å². The summed E-state index contributed by atoms with van der Waals surface area (Å²) >= 11 is 0. The number of aromatic nitrogens is 3. The lowest BCUT2D eigenvalue weighted by atomic mass is 10.1. The number of hydrogen-bond donors (Lipinski definition) is 1. The molecule has 2 amide bonds. The number of carbonyl (C=O) groups excluding carboxylic acids is 2. The molecule has 2 unspecified atom stereocenters. The van der Waals surface area contributed by atoms with E-state index in [1.165, 1.54) is 30.5 Å². The summed E-state index contributed by atoms with van der Waals surface area (Å²) < 4.78 is 53.6. The van der Waals surface area contributed by atoms with E-state index in [1.807, 2.05) is 0 Å². The average molecular weight is 401 g/mol. The van der Waals surface area contributed by atoms with Gasteiger partial charge in [-0.15, -0.1) is 10.2 Å². The molecule has 1 aliphatic rings. The fourth-order valence-corrected chi connectivity index (χ4v) is 3.40. The minimum atomic E-state index is -4.83. The van der Waals surface area contributed by atoms with Crippen molar-refractivity contribution in [3.8, 4) is 0 Å². The molecule has 2 aromatic rings. The zero-order chi connectivity index (χ0) is 19.8. The number of anilines is 2. The third-order valence-corrected chi connectivity index (χ3v) is 4.75. The third kappa shape index (κ3) is 3.84. The lowest BCUT2D eigenvalue weighted by Gasteiger charge is -2.31. The number of halogens is 3. The Hall–Kier alpha value is -2.76. The quantitative estimate of drug-likeness (QED) is 0.837. The number of nitrogens with one attached hydrogen (secondary N) is 1. The molecule has 12 heteroatoms. The number of rotatable bonds is 3. The number of amides is 2. The second kappa shape index (κ2) is 7.10. The molecule has 27 heavy (non-hydrogen) atoms. The Morgan fingerprint density at radius 3 is 2.74 bits per heavy atom. The number of nitrogens with zero attached hydrogens (tertiary/aromatic N) is 4. The van der Waals surface area contributed by atoms with Crippen LogP contribution in [-0.4, -0.2) is 49.3 Å². The van der Waals surface area contributed by atoms with Crippen molar-refractivity contribution in [3.05, 3.63) is 30.6 Å². The van der Waals surface area contributed by atoms with E-state index >= 15 is 0 Å². The van der Waals surface area contributed by atoms with Crippen LogP contribution < -0.4 is 10.2 Å². The van der Waals surface area contributed by atoms with Gasteiger partial charge in [0.25, 0.3) is 0 Å². The molecule has 144 valence electrons. The Kier molecular flexibility index (Phi) is 5.00. The summed E-state index contributed by atoms with van der Waals surface area (Å²) in [6.07, 6.45) is -3.33. The lowest BCUT2D eigenvalue weighted by Crippen LogP contribution is -2.50. The van der Waals surface area contributed by atoms with Crippen LogP contribution >= 0.6 is 0 Å². The van der Waals surface area contributed by atoms with Crippen LogP contribution in [0.25, 0.3) is 0 Å². The lowest BCUT2D eigenvalue weighted by molar-refractivity contribution is -0.158. The molecule has 1 aliphatic heterocycles. The Bertz CT molecular complexity index is 914. The van der Waals surface area contributed by atoms with Crippen LogP contribution in [0, 0.1) is 0 Å². The molecular formula is C15H14F3N5O3S. The second-order valence-electron chi connectivity index (χ2n) is 5.79. The van der Waals surface area contributed by atoms with Crippen LogP contribution in [0.15, 0.2) is 35.7 Å². The van der Waals surface area contributed by atoms with Crippen molar-refractivity contribution in [2.75, 3.05) is 16.5 Å². The van der Waals surface area contributed by atoms with Crippen LogP contribution in [-0.2, 0) is 26.9 Å². The van der Waals surface area contributed by atoms with Crippen LogP contribution in [0.2, 0.25) is 0 Å². The fraction of sp³-hybridized carbons (Fsp3) is 0.333. The number of carbonyl (C=O) groups is 2. The van der Waals surface area contributed by atoms with E-state index in [0.717, 1.165) is 10.9 Å². The van der Waals surface area contributed by atoms with Gasteiger partial charge in [0.05, 0.1) is 28.6 Å². The summed E-state index contributed by atoms with van der Waals surface area (Å²) in [6.45, 7) is -0.559. The van der Waals surface area contributed by atoms with Gasteiger partial charge >= 0.3 is 6.18 Å². The molecule has 1 aromatic heterocycles. The second-order valence-corrected chi connectivity index (χ2v) is 7.06. The maximum Gasteiger partial charge on any atom is 0.409 e. The summed E-state index contributed by atoms with van der Waals surface area (Å²) in [5, 5.41) is 9.50. The van der Waals surface area contributed by atoms with Crippen molar-refractivity contribution in [1.29, 1.82) is 0 Å². The van der Waals surface area contributed by atoms with E-state index in [4.69, 9.17) is 0 Å². The third-order valence-electron chi connectivity index (χ3n) is 3.92. The molecular weight excluding hydrogens is 387 g/mol. The first-order valence-corrected chi connectivity index (χ1v) is 9.23. The number of para-hydroxylation sites is 2. The standard InChI is InChI=1S/C15H14F3N5O3S/c1-27(26)14-21-19-8-22(14)7-13(25)23-10-5-3-2-4-9(10)20-12(24)6-11(23)15(16,17)18/h2-5,8,11H,6-7H2,1H3,(H,20,24). The van der Waals surface area contributed by atoms with Gasteiger partial charge in [-0.25, -0.2) is 0 Å². The summed E-state index contributed by atoms with van der Waals surface area (Å²) in [5.74, 6) is -1.78. The molecule has 0 bridgehead atoms. The van der Waals surface area contributed by atoms with E-state index in [0.29, 0.717) is 4.90 Å². The van der Waals surface area contributed by atoms with Crippen molar-refractivity contribution < 1.29 is 27.0 Å². The van der Waals surface area contributed by atoms with E-state index in [9.17, 15) is 27.0 Å². The van der Waals surface area contributed by atoms with Gasteiger partial charge in [0.1, 0.15) is 18.9 Å². The highest BCUT2D eigenvalue weighted by molar-refractivity contribution is 7.84. The maximum atomic E-state index is 13.6. The minimum Gasteiger partial charge on any atom is -0.324 e. The molecule has 0 aliphatic carbocycles. The van der Waals surface area contributed by atoms with Gasteiger partial charge in [0.2, 0.25) is 17.0 Å². The number of fused-ring (bicyclic) bond motifs is 1. The van der Waals surface area contributed by atoms with Crippen molar-refractivity contribution >= 4 is 34.0 Å². The van der Waals surface area contributed by atoms with E-state index in [-0.39, 0.29) is 16.5 Å². The smallest absolute Gasteiger partial charge is 0.324 e. The molecule has 0 radical (unpaired) electrons. The Labute approximate surface area is 153 Å². The monoisotopic (exact) mass is 401 g/mol. The average Bonchev–Trinajstić information content (AvgIpc) is 2.96. The topological polar surface area (TPSA) is 97.2 Å². The largest absolute Gasteiger partial charge is 0.409 e. The fourth-order valence-electron chi connectivity index (χ4n) is 2.79. The van der Waals surface area contributed by atoms with Gasteiger partial charge in [0, 0.05) is 6.26 Å². The summed E-state index contributed by atoms with van der Waals surface area (Å²) in [5.41, 5.74) is 0.0357. The number of benzene rings is 1. The molecule has 8 nitrogen and oxygen atoms in total. The molecule has 0 fully saturated rings. The van der Waals surface area contributed by atoms with Crippen LogP contribution in [0.4, 0.5) is 24.5 Å². The number of alkyl halides is 3. The maximum absolute atomic E-state index is 13.6. The first-order chi connectivity index (χ1) is 12.7. The summed E-state index contributed by atoms with van der Waals surface area (Å²) in [6, 6.07) is 3.41. The molecule has 3 rings (SSSR count). The van der Waals surface area contributed by atoms with Crippen LogP contribution in [0.1, 0.15) is 6.42 Å². The zero-order valence-corrected chi connectivity index (χ0v) is 14.8. The predicted molar refractivity (Wildman–Crippen MR) is 89.4 cm³/mol. The first-order valence-electron chi connectivity index (χ1n) is 7.67. The van der Waals surface area contributed by atoms with Crippen LogP contribution in [0.3, 0.4) is 0 Å². The first kappa shape index (κ1) is 19.0. The highest BCUT2D eigenvalue weighted by Gasteiger charge is 2.49. The van der Waals surface area contributed by atoms with E-state index < -0.39 is 47.8 Å². The minimum absolute atomic E-state index is 0.0378. The van der Waals surface area contributed by atoms with Gasteiger partial charge in [0.15, 0.2) is 0 Å². The molecule has 0 saturated carbocycles. The zero-order valence-electron chi connectivity index (χ0n) is 13.9. The molecule has 1 N–H and O–H groups in total. The van der Waals surface area contributed by atoms with Crippen molar-refractivity contribution in [2.45, 2.75) is 30.3 Å². The number of hydrogen-bond acceptors (Lipinski definition) is 5. The Balaban J connectivity index is 2.05. The highest BCUT2D eigenvalue weighted by Crippen LogP contribution is 2.37. The van der Waals surface area contributed by atoms with Gasteiger partial charge < -0.3 is 5.32 Å². The van der Waals surface area contributed by atoms with Gasteiger partial charge in [-0.05, 0) is 12.1 Å². The predicted octanol–water partition coefficient (Wildman–Crippen LogP) is 1.32. The van der Waals surface area contributed by atoms with Gasteiger partial charge in [-0.3, -0.25) is 23.3 Å². The van der Waals surface area contributed by atoms with Gasteiger partial charge in [-0.2, -0.15) is 13.2 Å². The molecule has 2 atom stereocenters. The van der Waals surface area contributed by atoms with E-state index in [1.54, 1.807) is 0 Å². The molecule has 0 spiro atoms. The summed E-state index contributed by atoms with van der Waals surface area (Å²) in [7, 11) is -1.58. The molecule has 1 aromatic carbocycles. The normalized spacial score (nSPS) is 18.4. The van der Waals surface area contributed by atoms with Crippen molar-refractivity contribution in [3.63, 3.8) is 0 Å².